The van der Waals surface area contributed by atoms with Gasteiger partial charge in [0, 0.05) is 6.04 Å². The molecule has 0 bridgehead atoms. The molecule has 0 aromatic heterocycles. The van der Waals surface area contributed by atoms with Crippen LogP contribution in [0.3, 0.4) is 0 Å². The van der Waals surface area contributed by atoms with Crippen molar-refractivity contribution in [3.05, 3.63) is 48.0 Å². The third kappa shape index (κ3) is 3.85. The van der Waals surface area contributed by atoms with Crippen LogP contribution < -0.4 is 11.3 Å². The van der Waals surface area contributed by atoms with Gasteiger partial charge < -0.3 is 0 Å². The average molecular weight is 258 g/mol. The minimum absolute atomic E-state index is 0.191. The van der Waals surface area contributed by atoms with Crippen molar-refractivity contribution in [3.63, 3.8) is 0 Å². The predicted molar refractivity (Wildman–Crippen MR) is 65.6 cm³/mol. The van der Waals surface area contributed by atoms with Crippen LogP contribution in [0.5, 0.6) is 0 Å². The van der Waals surface area contributed by atoms with E-state index in [1.807, 2.05) is 0 Å². The first-order valence-corrected chi connectivity index (χ1v) is 5.74. The first-order valence-electron chi connectivity index (χ1n) is 5.74. The van der Waals surface area contributed by atoms with Crippen LogP contribution in [0.1, 0.15) is 36.4 Å². The number of hydrogen-bond acceptors (Lipinski definition) is 2. The largest absolute Gasteiger partial charge is 0.416 e. The molecular weight excluding hydrogens is 241 g/mol. The molecule has 0 saturated heterocycles. The predicted octanol–water partition coefficient (Wildman–Crippen LogP) is 3.57. The molecule has 0 fully saturated rings. The lowest BCUT2D eigenvalue weighted by Gasteiger charge is -2.20. The van der Waals surface area contributed by atoms with Gasteiger partial charge in [0.25, 0.3) is 0 Å². The molecule has 18 heavy (non-hydrogen) atoms. The van der Waals surface area contributed by atoms with Crippen molar-refractivity contribution in [2.75, 3.05) is 0 Å². The van der Waals surface area contributed by atoms with E-state index in [-0.39, 0.29) is 5.56 Å². The minimum atomic E-state index is -4.36. The van der Waals surface area contributed by atoms with Crippen LogP contribution >= 0.6 is 0 Å². The van der Waals surface area contributed by atoms with Gasteiger partial charge in [0.05, 0.1) is 5.56 Å². The molecule has 0 aliphatic carbocycles. The van der Waals surface area contributed by atoms with Gasteiger partial charge in [-0.05, 0) is 30.9 Å². The summed E-state index contributed by atoms with van der Waals surface area (Å²) < 4.78 is 38.5. The molecule has 1 rings (SSSR count). The normalized spacial score (nSPS) is 13.3. The van der Waals surface area contributed by atoms with Gasteiger partial charge in [-0.2, -0.15) is 13.2 Å². The van der Waals surface area contributed by atoms with Crippen molar-refractivity contribution in [2.24, 2.45) is 5.84 Å². The van der Waals surface area contributed by atoms with Crippen LogP contribution in [0.4, 0.5) is 13.2 Å². The van der Waals surface area contributed by atoms with Gasteiger partial charge in [-0.15, -0.1) is 6.58 Å². The molecule has 0 radical (unpaired) electrons. The number of rotatable bonds is 6. The Morgan fingerprint density at radius 3 is 2.56 bits per heavy atom. The molecule has 100 valence electrons. The van der Waals surface area contributed by atoms with Gasteiger partial charge in [0.1, 0.15) is 0 Å². The zero-order valence-electron chi connectivity index (χ0n) is 10.0. The highest BCUT2D eigenvalue weighted by atomic mass is 19.4. The highest BCUT2D eigenvalue weighted by Crippen LogP contribution is 2.35. The molecule has 0 heterocycles. The van der Waals surface area contributed by atoms with Crippen molar-refractivity contribution in [2.45, 2.75) is 31.5 Å². The number of nitrogens with two attached hydrogens (primary N) is 1. The maximum atomic E-state index is 12.8. The molecule has 0 spiro atoms. The fourth-order valence-electron chi connectivity index (χ4n) is 1.85. The molecule has 1 unspecified atom stereocenters. The second-order valence-corrected chi connectivity index (χ2v) is 4.02. The summed E-state index contributed by atoms with van der Waals surface area (Å²) in [6.07, 6.45) is -0.583. The van der Waals surface area contributed by atoms with Gasteiger partial charge >= 0.3 is 6.18 Å². The Morgan fingerprint density at radius 2 is 2.00 bits per heavy atom. The van der Waals surface area contributed by atoms with Crippen LogP contribution in [0.2, 0.25) is 0 Å². The quantitative estimate of drug-likeness (QED) is 0.354. The van der Waals surface area contributed by atoms with Crippen LogP contribution in [-0.2, 0) is 6.18 Å². The maximum Gasteiger partial charge on any atom is 0.416 e. The number of halogens is 3. The summed E-state index contributed by atoms with van der Waals surface area (Å²) in [5.74, 6) is 5.36. The fourth-order valence-corrected chi connectivity index (χ4v) is 1.85. The zero-order valence-corrected chi connectivity index (χ0v) is 10.0. The van der Waals surface area contributed by atoms with Gasteiger partial charge in [-0.1, -0.05) is 24.3 Å². The zero-order chi connectivity index (χ0) is 13.6. The van der Waals surface area contributed by atoms with E-state index in [2.05, 4.69) is 12.0 Å². The topological polar surface area (TPSA) is 38.0 Å². The smallest absolute Gasteiger partial charge is 0.271 e. The van der Waals surface area contributed by atoms with E-state index in [4.69, 9.17) is 5.84 Å². The molecule has 0 amide bonds. The van der Waals surface area contributed by atoms with Crippen molar-refractivity contribution < 1.29 is 13.2 Å². The highest BCUT2D eigenvalue weighted by molar-refractivity contribution is 5.32. The van der Waals surface area contributed by atoms with Gasteiger partial charge in [0.15, 0.2) is 0 Å². The van der Waals surface area contributed by atoms with E-state index >= 15 is 0 Å². The second-order valence-electron chi connectivity index (χ2n) is 4.02. The van der Waals surface area contributed by atoms with E-state index in [0.717, 1.165) is 18.9 Å². The summed E-state index contributed by atoms with van der Waals surface area (Å²) in [5, 5.41) is 0. The summed E-state index contributed by atoms with van der Waals surface area (Å²) in [5.41, 5.74) is 2.01. The molecular formula is C13H17F3N2. The van der Waals surface area contributed by atoms with Crippen molar-refractivity contribution in [1.82, 2.24) is 5.43 Å². The first kappa shape index (κ1) is 14.7. The van der Waals surface area contributed by atoms with Crippen LogP contribution in [0.15, 0.2) is 36.9 Å². The van der Waals surface area contributed by atoms with Gasteiger partial charge in [-0.3, -0.25) is 11.3 Å². The van der Waals surface area contributed by atoms with E-state index in [1.165, 1.54) is 12.1 Å². The molecule has 3 N–H and O–H groups in total. The summed E-state index contributed by atoms with van der Waals surface area (Å²) in [7, 11) is 0. The molecule has 0 aliphatic rings. The van der Waals surface area contributed by atoms with E-state index in [9.17, 15) is 13.2 Å². The lowest BCUT2D eigenvalue weighted by Crippen LogP contribution is -2.29. The molecule has 0 aliphatic heterocycles. The lowest BCUT2D eigenvalue weighted by molar-refractivity contribution is -0.138. The Kier molecular flexibility index (Phi) is 5.37. The van der Waals surface area contributed by atoms with Crippen LogP contribution in [0, 0.1) is 0 Å². The Hall–Kier alpha value is -1.33. The Labute approximate surface area is 105 Å². The van der Waals surface area contributed by atoms with Gasteiger partial charge in [0.2, 0.25) is 0 Å². The second kappa shape index (κ2) is 6.56. The first-order chi connectivity index (χ1) is 8.50. The Morgan fingerprint density at radius 1 is 1.33 bits per heavy atom. The van der Waals surface area contributed by atoms with E-state index in [0.29, 0.717) is 6.42 Å². The fraction of sp³-hybridized carbons (Fsp3) is 0.385. The summed E-state index contributed by atoms with van der Waals surface area (Å²) >= 11 is 0. The molecule has 1 aromatic rings. The van der Waals surface area contributed by atoms with Crippen molar-refractivity contribution in [1.29, 1.82) is 0 Å². The number of hydrazine groups is 1. The standard InChI is InChI=1S/C13H17F3N2/c1-2-3-4-9-12(18-17)10-7-5-6-8-11(10)13(14,15)16/h2,5-8,12,18H,1,3-4,9,17H2. The lowest BCUT2D eigenvalue weighted by atomic mass is 9.96. The number of alkyl halides is 3. The molecule has 2 nitrogen and oxygen atoms in total. The van der Waals surface area contributed by atoms with E-state index < -0.39 is 17.8 Å². The number of unbranched alkanes of at least 4 members (excludes halogenated alkanes) is 1. The summed E-state index contributed by atoms with van der Waals surface area (Å²) in [6.45, 7) is 3.58. The highest BCUT2D eigenvalue weighted by Gasteiger charge is 2.34. The monoisotopic (exact) mass is 258 g/mol. The SMILES string of the molecule is C=CCCCC(NN)c1ccccc1C(F)(F)F. The minimum Gasteiger partial charge on any atom is -0.271 e. The average Bonchev–Trinajstić information content (AvgIpc) is 2.34. The third-order valence-electron chi connectivity index (χ3n) is 2.74. The third-order valence-corrected chi connectivity index (χ3v) is 2.74. The van der Waals surface area contributed by atoms with E-state index in [1.54, 1.807) is 12.1 Å². The number of hydrogen-bond donors (Lipinski definition) is 2. The maximum absolute atomic E-state index is 12.8. The number of allylic oxidation sites excluding steroid dienone is 1. The molecule has 5 heteroatoms. The molecule has 0 saturated carbocycles. The number of benzene rings is 1. The Bertz CT molecular complexity index is 388. The van der Waals surface area contributed by atoms with Crippen molar-refractivity contribution >= 4 is 0 Å². The van der Waals surface area contributed by atoms with Crippen LogP contribution in [0.25, 0.3) is 0 Å². The number of nitrogens with one attached hydrogen (secondary N) is 1. The summed E-state index contributed by atoms with van der Waals surface area (Å²) in [6, 6.07) is 5.00. The van der Waals surface area contributed by atoms with Crippen molar-refractivity contribution in [3.8, 4) is 0 Å². The molecule has 1 aromatic carbocycles. The summed E-state index contributed by atoms with van der Waals surface area (Å²) in [4.78, 5) is 0. The van der Waals surface area contributed by atoms with Gasteiger partial charge in [-0.25, -0.2) is 0 Å². The molecule has 1 atom stereocenters. The van der Waals surface area contributed by atoms with Crippen LogP contribution in [-0.4, -0.2) is 0 Å². The Balaban J connectivity index is 2.94.